The third kappa shape index (κ3) is 4.30. The van der Waals surface area contributed by atoms with E-state index >= 15 is 0 Å². The number of hydrogen-bond donors (Lipinski definition) is 2. The lowest BCUT2D eigenvalue weighted by Crippen LogP contribution is -2.40. The van der Waals surface area contributed by atoms with E-state index in [-0.39, 0.29) is 17.0 Å². The molecule has 1 saturated heterocycles. The van der Waals surface area contributed by atoms with E-state index in [2.05, 4.69) is 20.4 Å². The third-order valence-corrected chi connectivity index (χ3v) is 7.61. The predicted molar refractivity (Wildman–Crippen MR) is 126 cm³/mol. The molecule has 3 aromatic heterocycles. The summed E-state index contributed by atoms with van der Waals surface area (Å²) >= 11 is 1.58. The van der Waals surface area contributed by atoms with Crippen LogP contribution >= 0.6 is 11.8 Å². The van der Waals surface area contributed by atoms with Gasteiger partial charge in [0.05, 0.1) is 11.3 Å². The van der Waals surface area contributed by atoms with Gasteiger partial charge in [-0.1, -0.05) is 0 Å². The van der Waals surface area contributed by atoms with Crippen LogP contribution in [0, 0.1) is 0 Å². The van der Waals surface area contributed by atoms with Crippen molar-refractivity contribution in [3.8, 4) is 11.3 Å². The topological polar surface area (TPSA) is 102 Å². The van der Waals surface area contributed by atoms with Gasteiger partial charge in [0.25, 0.3) is 0 Å². The quantitative estimate of drug-likeness (QED) is 0.524. The zero-order valence-corrected chi connectivity index (χ0v) is 19.8. The maximum Gasteiger partial charge on any atom is 0.419 e. The molecule has 184 valence electrons. The first-order valence-electron chi connectivity index (χ1n) is 11.1. The number of carbonyl (C=O) groups excluding carboxylic acids is 1. The fourth-order valence-corrected chi connectivity index (χ4v) is 5.49. The number of aromatic nitrogens is 4. The highest BCUT2D eigenvalue weighted by atomic mass is 32.2. The molecule has 3 aromatic rings. The van der Waals surface area contributed by atoms with Gasteiger partial charge in [0.15, 0.2) is 0 Å². The summed E-state index contributed by atoms with van der Waals surface area (Å²) in [5.74, 6) is -0.557. The lowest BCUT2D eigenvalue weighted by Gasteiger charge is -2.23. The van der Waals surface area contributed by atoms with Gasteiger partial charge in [-0.25, -0.2) is 9.78 Å². The summed E-state index contributed by atoms with van der Waals surface area (Å²) in [5.41, 5.74) is 6.83. The summed E-state index contributed by atoms with van der Waals surface area (Å²) in [6, 6.07) is 4.57. The molecule has 0 aromatic carbocycles. The number of alkyl halides is 3. The molecule has 3 N–H and O–H groups in total. The average molecular weight is 504 g/mol. The Morgan fingerprint density at radius 3 is 2.83 bits per heavy atom. The van der Waals surface area contributed by atoms with Gasteiger partial charge in [-0.15, -0.1) is 11.8 Å². The fraction of sp³-hybridized carbons (Fsp3) is 0.391. The van der Waals surface area contributed by atoms with E-state index in [9.17, 15) is 18.0 Å². The van der Waals surface area contributed by atoms with Crippen LogP contribution in [0.2, 0.25) is 0 Å². The number of amides is 2. The molecule has 1 fully saturated rings. The monoisotopic (exact) mass is 503 g/mol. The minimum absolute atomic E-state index is 0.138. The fourth-order valence-electron chi connectivity index (χ4n) is 4.93. The van der Waals surface area contributed by atoms with Crippen molar-refractivity contribution in [3.63, 3.8) is 0 Å². The van der Waals surface area contributed by atoms with Crippen LogP contribution in [-0.2, 0) is 24.7 Å². The lowest BCUT2D eigenvalue weighted by molar-refractivity contribution is -0.137. The summed E-state index contributed by atoms with van der Waals surface area (Å²) in [7, 11) is 0. The molecule has 5 rings (SSSR count). The first-order valence-corrected chi connectivity index (χ1v) is 12.3. The number of carbonyl (C=O) groups is 1. The number of nitrogen functional groups attached to an aromatic ring is 1. The van der Waals surface area contributed by atoms with Gasteiger partial charge < -0.3 is 16.0 Å². The van der Waals surface area contributed by atoms with Crippen LogP contribution in [0.25, 0.3) is 11.3 Å². The van der Waals surface area contributed by atoms with Gasteiger partial charge in [-0.2, -0.15) is 18.3 Å². The van der Waals surface area contributed by atoms with Crippen molar-refractivity contribution in [2.45, 2.75) is 42.4 Å². The van der Waals surface area contributed by atoms with Gasteiger partial charge in [0.1, 0.15) is 5.82 Å². The Kier molecular flexibility index (Phi) is 5.86. The van der Waals surface area contributed by atoms with Crippen molar-refractivity contribution in [2.75, 3.05) is 25.1 Å². The first-order chi connectivity index (χ1) is 16.7. The predicted octanol–water partition coefficient (Wildman–Crippen LogP) is 3.92. The Labute approximate surface area is 204 Å². The second kappa shape index (κ2) is 8.74. The minimum Gasteiger partial charge on any atom is -0.383 e. The van der Waals surface area contributed by atoms with E-state index in [0.717, 1.165) is 35.1 Å². The summed E-state index contributed by atoms with van der Waals surface area (Å²) in [4.78, 5) is 23.6. The van der Waals surface area contributed by atoms with Crippen LogP contribution in [0.3, 0.4) is 0 Å². The first kappa shape index (κ1) is 23.5. The molecule has 2 aliphatic rings. The number of likely N-dealkylation sites (tertiary alicyclic amines) is 1. The number of thioether (sulfide) groups is 1. The lowest BCUT2D eigenvalue weighted by atomic mass is 9.82. The summed E-state index contributed by atoms with van der Waals surface area (Å²) in [6.45, 7) is 2.19. The highest BCUT2D eigenvalue weighted by molar-refractivity contribution is 7.98. The van der Waals surface area contributed by atoms with Gasteiger partial charge in [-0.05, 0) is 42.9 Å². The maximum atomic E-state index is 13.3. The van der Waals surface area contributed by atoms with Gasteiger partial charge in [0, 0.05) is 66.3 Å². The van der Waals surface area contributed by atoms with Crippen molar-refractivity contribution in [3.05, 3.63) is 53.6 Å². The van der Waals surface area contributed by atoms with Gasteiger partial charge in [-0.3, -0.25) is 9.67 Å². The summed E-state index contributed by atoms with van der Waals surface area (Å²) in [5, 5.41) is 7.54. The second-order valence-electron chi connectivity index (χ2n) is 8.84. The largest absolute Gasteiger partial charge is 0.419 e. The number of anilines is 1. The molecule has 8 nitrogen and oxygen atoms in total. The van der Waals surface area contributed by atoms with E-state index < -0.39 is 17.6 Å². The standard InChI is InChI=1S/C23H24F3N7OS/c1-35-18-12-28-5-2-14(18)10-30-21(34)32-6-3-22(13-32)4-7-33-19(22)9-17(31-33)15-8-16(23(24,25)26)20(27)29-11-15/h2,5,8-9,11-12H,3-4,6-7,10,13H2,1H3,(H2,27,29)(H,30,34)/t22-/m1/s1. The molecule has 0 unspecified atom stereocenters. The highest BCUT2D eigenvalue weighted by Crippen LogP contribution is 2.44. The Hall–Kier alpha value is -3.28. The maximum absolute atomic E-state index is 13.3. The number of pyridine rings is 2. The van der Waals surface area contributed by atoms with Crippen LogP contribution in [0.15, 0.2) is 41.7 Å². The van der Waals surface area contributed by atoms with E-state index in [4.69, 9.17) is 5.73 Å². The van der Waals surface area contributed by atoms with Gasteiger partial charge in [0.2, 0.25) is 0 Å². The average Bonchev–Trinajstić information content (AvgIpc) is 3.54. The van der Waals surface area contributed by atoms with Crippen LogP contribution in [-0.4, -0.2) is 50.0 Å². The zero-order valence-electron chi connectivity index (χ0n) is 19.0. The van der Waals surface area contributed by atoms with Crippen molar-refractivity contribution >= 4 is 23.6 Å². The zero-order chi connectivity index (χ0) is 24.8. The van der Waals surface area contributed by atoms with Crippen molar-refractivity contribution in [1.29, 1.82) is 0 Å². The molecule has 12 heteroatoms. The summed E-state index contributed by atoms with van der Waals surface area (Å²) < 4.78 is 41.7. The smallest absolute Gasteiger partial charge is 0.383 e. The molecule has 2 amide bonds. The highest BCUT2D eigenvalue weighted by Gasteiger charge is 2.47. The number of halogens is 3. The van der Waals surface area contributed by atoms with Crippen molar-refractivity contribution in [2.24, 2.45) is 0 Å². The van der Waals surface area contributed by atoms with Gasteiger partial charge >= 0.3 is 12.2 Å². The molecule has 0 bridgehead atoms. The van der Waals surface area contributed by atoms with Crippen LogP contribution in [0.1, 0.15) is 29.7 Å². The molecule has 0 radical (unpaired) electrons. The van der Waals surface area contributed by atoms with E-state index in [0.29, 0.717) is 31.9 Å². The Morgan fingerprint density at radius 1 is 1.26 bits per heavy atom. The third-order valence-electron chi connectivity index (χ3n) is 6.81. The second-order valence-corrected chi connectivity index (χ2v) is 9.69. The number of urea groups is 1. The molecule has 35 heavy (non-hydrogen) atoms. The van der Waals surface area contributed by atoms with E-state index in [1.807, 2.05) is 23.1 Å². The van der Waals surface area contributed by atoms with Crippen molar-refractivity contribution < 1.29 is 18.0 Å². The molecule has 1 spiro atoms. The number of nitrogens with one attached hydrogen (secondary N) is 1. The molecule has 5 heterocycles. The number of aryl methyl sites for hydroxylation is 1. The normalized spacial score (nSPS) is 19.4. The minimum atomic E-state index is -4.59. The van der Waals surface area contributed by atoms with E-state index in [1.165, 1.54) is 6.20 Å². The van der Waals surface area contributed by atoms with Crippen LogP contribution < -0.4 is 11.1 Å². The molecular weight excluding hydrogens is 479 g/mol. The molecule has 1 atom stereocenters. The molecule has 0 aliphatic carbocycles. The Balaban J connectivity index is 1.32. The van der Waals surface area contributed by atoms with Crippen molar-refractivity contribution in [1.82, 2.24) is 30.0 Å². The molecule has 0 saturated carbocycles. The van der Waals surface area contributed by atoms with E-state index in [1.54, 1.807) is 29.1 Å². The van der Waals surface area contributed by atoms with Crippen LogP contribution in [0.4, 0.5) is 23.8 Å². The SMILES string of the molecule is CSc1cnccc1CNC(=O)N1CC[C@@]2(CCn3nc(-c4cnc(N)c(C(F)(F)F)c4)cc32)C1. The number of hydrogen-bond acceptors (Lipinski definition) is 6. The molecular formula is C23H24F3N7OS. The van der Waals surface area contributed by atoms with Crippen LogP contribution in [0.5, 0.6) is 0 Å². The number of nitrogens with two attached hydrogens (primary N) is 1. The Morgan fingerprint density at radius 2 is 2.06 bits per heavy atom. The summed E-state index contributed by atoms with van der Waals surface area (Å²) in [6.07, 6.45) is 3.77. The molecule has 2 aliphatic heterocycles. The number of fused-ring (bicyclic) bond motifs is 2. The Bertz CT molecular complexity index is 1280. The number of nitrogens with zero attached hydrogens (tertiary/aromatic N) is 5. The number of rotatable bonds is 4.